The van der Waals surface area contributed by atoms with Crippen molar-refractivity contribution in [2.24, 2.45) is 5.92 Å². The van der Waals surface area contributed by atoms with Crippen LogP contribution in [0.15, 0.2) is 38.2 Å². The molecule has 6 nitrogen and oxygen atoms in total. The van der Waals surface area contributed by atoms with E-state index in [0.29, 0.717) is 17.9 Å². The fraction of sp³-hybridized carbons (Fsp3) is 0.471. The molecule has 0 bridgehead atoms. The van der Waals surface area contributed by atoms with E-state index in [9.17, 15) is 26.7 Å². The van der Waals surface area contributed by atoms with Crippen molar-refractivity contribution in [2.45, 2.75) is 37.9 Å². The van der Waals surface area contributed by atoms with E-state index in [0.717, 1.165) is 10.4 Å². The molecule has 156 valence electrons. The minimum absolute atomic E-state index is 0.146. The Morgan fingerprint density at radius 3 is 2.39 bits per heavy atom. The highest BCUT2D eigenvalue weighted by atomic mass is 79.9. The summed E-state index contributed by atoms with van der Waals surface area (Å²) in [6.45, 7) is 4.41. The summed E-state index contributed by atoms with van der Waals surface area (Å²) in [6.07, 6.45) is -3.16. The number of alkyl halides is 3. The molecule has 11 heteroatoms. The van der Waals surface area contributed by atoms with Crippen molar-refractivity contribution in [3.63, 3.8) is 0 Å². The van der Waals surface area contributed by atoms with Gasteiger partial charge in [-0.25, -0.2) is 13.4 Å². The number of aromatic nitrogens is 1. The lowest BCUT2D eigenvalue weighted by atomic mass is 10.0. The lowest BCUT2D eigenvalue weighted by Gasteiger charge is -2.31. The van der Waals surface area contributed by atoms with Gasteiger partial charge in [-0.1, -0.05) is 13.8 Å². The highest BCUT2D eigenvalue weighted by molar-refractivity contribution is 9.10. The van der Waals surface area contributed by atoms with Crippen LogP contribution in [-0.4, -0.2) is 36.0 Å². The van der Waals surface area contributed by atoms with Crippen LogP contribution in [0.2, 0.25) is 0 Å². The number of rotatable bonds is 7. The SMILES string of the molecule is Cc1cnc([C@H](C(C)C)N(CCO)S(=O)(=O)c2ccc(C(F)(F)F)cc2Br)o1. The van der Waals surface area contributed by atoms with Crippen molar-refractivity contribution >= 4 is 26.0 Å². The van der Waals surface area contributed by atoms with Crippen molar-refractivity contribution in [1.29, 1.82) is 0 Å². The standard InChI is InChI=1S/C17H20BrF3N2O4S/c1-10(2)15(16-22-9-11(3)27-16)23(6-7-24)28(25,26)14-5-4-12(8-13(14)18)17(19,20)21/h4-5,8-10,15,24H,6-7H2,1-3H3/t15-/m0/s1. The Balaban J connectivity index is 2.57. The molecule has 0 saturated heterocycles. The number of halogens is 4. The van der Waals surface area contributed by atoms with Crippen molar-refractivity contribution in [3.05, 3.63) is 46.1 Å². The predicted molar refractivity (Wildman–Crippen MR) is 98.9 cm³/mol. The number of sulfonamides is 1. The van der Waals surface area contributed by atoms with E-state index >= 15 is 0 Å². The van der Waals surface area contributed by atoms with Crippen LogP contribution in [-0.2, 0) is 16.2 Å². The van der Waals surface area contributed by atoms with Crippen molar-refractivity contribution in [1.82, 2.24) is 9.29 Å². The highest BCUT2D eigenvalue weighted by Crippen LogP contribution is 2.37. The fourth-order valence-corrected chi connectivity index (χ4v) is 5.51. The van der Waals surface area contributed by atoms with Gasteiger partial charge < -0.3 is 9.52 Å². The summed E-state index contributed by atoms with van der Waals surface area (Å²) in [4.78, 5) is 3.76. The summed E-state index contributed by atoms with van der Waals surface area (Å²) < 4.78 is 71.5. The van der Waals surface area contributed by atoms with Crippen LogP contribution >= 0.6 is 15.9 Å². The van der Waals surface area contributed by atoms with E-state index in [-0.39, 0.29) is 27.7 Å². The fourth-order valence-electron chi connectivity index (χ4n) is 2.77. The molecule has 1 atom stereocenters. The lowest BCUT2D eigenvalue weighted by molar-refractivity contribution is -0.137. The van der Waals surface area contributed by atoms with E-state index in [1.807, 2.05) is 0 Å². The third-order valence-corrected chi connectivity index (χ3v) is 6.86. The van der Waals surface area contributed by atoms with Gasteiger partial charge in [0.25, 0.3) is 0 Å². The van der Waals surface area contributed by atoms with Gasteiger partial charge in [-0.15, -0.1) is 0 Å². The molecular weight excluding hydrogens is 465 g/mol. The minimum atomic E-state index is -4.61. The number of aliphatic hydroxyl groups is 1. The number of oxazole rings is 1. The summed E-state index contributed by atoms with van der Waals surface area (Å²) in [5.74, 6) is 0.345. The average molecular weight is 485 g/mol. The number of hydrogen-bond acceptors (Lipinski definition) is 5. The Hall–Kier alpha value is -1.43. The first-order valence-corrected chi connectivity index (χ1v) is 10.5. The summed E-state index contributed by atoms with van der Waals surface area (Å²) in [7, 11) is -4.28. The topological polar surface area (TPSA) is 83.6 Å². The Kier molecular flexibility index (Phi) is 6.95. The van der Waals surface area contributed by atoms with Gasteiger partial charge in [-0.3, -0.25) is 0 Å². The number of hydrogen-bond donors (Lipinski definition) is 1. The molecule has 0 saturated carbocycles. The molecule has 0 spiro atoms. The second kappa shape index (κ2) is 8.52. The summed E-state index contributed by atoms with van der Waals surface area (Å²) >= 11 is 2.93. The van der Waals surface area contributed by atoms with Crippen LogP contribution in [0.3, 0.4) is 0 Å². The maximum absolute atomic E-state index is 13.3. The molecule has 0 amide bonds. The van der Waals surface area contributed by atoms with Crippen LogP contribution in [0.1, 0.15) is 37.1 Å². The summed E-state index contributed by atoms with van der Waals surface area (Å²) in [5, 5.41) is 9.43. The van der Waals surface area contributed by atoms with E-state index in [2.05, 4.69) is 20.9 Å². The molecule has 0 aliphatic heterocycles. The maximum Gasteiger partial charge on any atom is 0.416 e. The maximum atomic E-state index is 13.3. The van der Waals surface area contributed by atoms with E-state index < -0.39 is 34.4 Å². The molecule has 0 aliphatic carbocycles. The third kappa shape index (κ3) is 4.76. The normalized spacial score (nSPS) is 14.1. The highest BCUT2D eigenvalue weighted by Gasteiger charge is 2.39. The number of nitrogens with zero attached hydrogens (tertiary/aromatic N) is 2. The van der Waals surface area contributed by atoms with Crippen molar-refractivity contribution in [3.8, 4) is 0 Å². The molecule has 0 fully saturated rings. The van der Waals surface area contributed by atoms with E-state index in [1.165, 1.54) is 6.20 Å². The van der Waals surface area contributed by atoms with Gasteiger partial charge in [0.2, 0.25) is 15.9 Å². The Morgan fingerprint density at radius 2 is 1.96 bits per heavy atom. The molecule has 1 aromatic heterocycles. The largest absolute Gasteiger partial charge is 0.444 e. The van der Waals surface area contributed by atoms with Crippen LogP contribution in [0.5, 0.6) is 0 Å². The second-order valence-corrected chi connectivity index (χ2v) is 9.19. The first kappa shape index (κ1) is 22.9. The third-order valence-electron chi connectivity index (χ3n) is 4.00. The molecule has 2 aromatic rings. The van der Waals surface area contributed by atoms with Gasteiger partial charge in [0.05, 0.1) is 23.3 Å². The van der Waals surface area contributed by atoms with Crippen LogP contribution in [0.4, 0.5) is 13.2 Å². The van der Waals surface area contributed by atoms with Gasteiger partial charge >= 0.3 is 6.18 Å². The molecular formula is C17H20BrF3N2O4S. The Bertz CT molecular complexity index is 929. The Morgan fingerprint density at radius 1 is 1.32 bits per heavy atom. The zero-order chi connectivity index (χ0) is 21.3. The van der Waals surface area contributed by atoms with Crippen LogP contribution in [0.25, 0.3) is 0 Å². The van der Waals surface area contributed by atoms with Gasteiger partial charge in [0.1, 0.15) is 11.8 Å². The van der Waals surface area contributed by atoms with Crippen LogP contribution in [0, 0.1) is 12.8 Å². The first-order valence-electron chi connectivity index (χ1n) is 8.31. The predicted octanol–water partition coefficient (Wildman–Crippen LogP) is 4.14. The monoisotopic (exact) mass is 484 g/mol. The van der Waals surface area contributed by atoms with Gasteiger partial charge in [0.15, 0.2) is 0 Å². The van der Waals surface area contributed by atoms with Crippen LogP contribution < -0.4 is 0 Å². The van der Waals surface area contributed by atoms with E-state index in [4.69, 9.17) is 4.42 Å². The molecule has 0 unspecified atom stereocenters. The average Bonchev–Trinajstić information content (AvgIpc) is 2.98. The molecule has 1 N–H and O–H groups in total. The number of benzene rings is 1. The van der Waals surface area contributed by atoms with E-state index in [1.54, 1.807) is 20.8 Å². The summed E-state index contributed by atoms with van der Waals surface area (Å²) in [6, 6.07) is 1.46. The number of aryl methyl sites for hydroxylation is 1. The van der Waals surface area contributed by atoms with Gasteiger partial charge in [0, 0.05) is 11.0 Å². The molecule has 28 heavy (non-hydrogen) atoms. The first-order chi connectivity index (χ1) is 12.9. The van der Waals surface area contributed by atoms with Gasteiger partial charge in [-0.05, 0) is 47.0 Å². The zero-order valence-corrected chi connectivity index (χ0v) is 17.8. The van der Waals surface area contributed by atoms with Crippen molar-refractivity contribution in [2.75, 3.05) is 13.2 Å². The molecule has 0 aliphatic rings. The second-order valence-electron chi connectivity index (χ2n) is 6.48. The number of aliphatic hydroxyl groups excluding tert-OH is 1. The van der Waals surface area contributed by atoms with Crippen molar-refractivity contribution < 1.29 is 31.1 Å². The zero-order valence-electron chi connectivity index (χ0n) is 15.4. The Labute approximate surface area is 169 Å². The summed E-state index contributed by atoms with van der Waals surface area (Å²) in [5.41, 5.74) is -0.976. The smallest absolute Gasteiger partial charge is 0.416 e. The minimum Gasteiger partial charge on any atom is -0.444 e. The molecule has 0 radical (unpaired) electrons. The molecule has 2 rings (SSSR count). The quantitative estimate of drug-likeness (QED) is 0.638. The molecule has 1 heterocycles. The lowest BCUT2D eigenvalue weighted by Crippen LogP contribution is -2.39. The van der Waals surface area contributed by atoms with Gasteiger partial charge in [-0.2, -0.15) is 17.5 Å². The molecule has 1 aromatic carbocycles.